The standard InChI is InChI=1S/C19H20N4O3/c1-20-18(25)13-7-9-14(10-8-13)21-17(24)11-12-23-16-6-4-3-5-15(16)22(2)19(23)26/h3-10H,11-12H2,1-2H3,(H,20,25)(H,21,24). The summed E-state index contributed by atoms with van der Waals surface area (Å²) in [6, 6.07) is 14.1. The molecule has 0 saturated heterocycles. The molecular weight excluding hydrogens is 332 g/mol. The van der Waals surface area contributed by atoms with Gasteiger partial charge in [0.2, 0.25) is 5.91 Å². The first-order chi connectivity index (χ1) is 12.5. The SMILES string of the molecule is CNC(=O)c1ccc(NC(=O)CCn2c(=O)n(C)c3ccccc32)cc1. The molecule has 7 heteroatoms. The minimum Gasteiger partial charge on any atom is -0.355 e. The average Bonchev–Trinajstić information content (AvgIpc) is 2.91. The summed E-state index contributed by atoms with van der Waals surface area (Å²) in [5.41, 5.74) is 2.63. The highest BCUT2D eigenvalue weighted by atomic mass is 16.2. The normalized spacial score (nSPS) is 10.7. The third-order valence-corrected chi connectivity index (χ3v) is 4.27. The van der Waals surface area contributed by atoms with Crippen LogP contribution in [-0.4, -0.2) is 28.0 Å². The van der Waals surface area contributed by atoms with Gasteiger partial charge in [0.25, 0.3) is 5.91 Å². The minimum absolute atomic E-state index is 0.145. The maximum atomic E-state index is 12.3. The van der Waals surface area contributed by atoms with Crippen molar-refractivity contribution in [3.8, 4) is 0 Å². The Morgan fingerprint density at radius 1 is 1.00 bits per heavy atom. The van der Waals surface area contributed by atoms with Gasteiger partial charge in [0, 0.05) is 38.3 Å². The highest BCUT2D eigenvalue weighted by Gasteiger charge is 2.11. The first kappa shape index (κ1) is 17.5. The quantitative estimate of drug-likeness (QED) is 0.733. The lowest BCUT2D eigenvalue weighted by atomic mass is 10.2. The number of carbonyl (C=O) groups is 2. The Bertz CT molecular complexity index is 1020. The van der Waals surface area contributed by atoms with Crippen LogP contribution in [0.5, 0.6) is 0 Å². The number of nitrogens with zero attached hydrogens (tertiary/aromatic N) is 2. The van der Waals surface area contributed by atoms with E-state index in [1.54, 1.807) is 47.5 Å². The maximum absolute atomic E-state index is 12.3. The Kier molecular flexibility index (Phi) is 4.88. The summed E-state index contributed by atoms with van der Waals surface area (Å²) in [6.07, 6.45) is 0.172. The molecule has 26 heavy (non-hydrogen) atoms. The van der Waals surface area contributed by atoms with E-state index in [1.165, 1.54) is 0 Å². The summed E-state index contributed by atoms with van der Waals surface area (Å²) in [5, 5.41) is 5.32. The summed E-state index contributed by atoms with van der Waals surface area (Å²) in [4.78, 5) is 36.1. The summed E-state index contributed by atoms with van der Waals surface area (Å²) < 4.78 is 3.17. The van der Waals surface area contributed by atoms with Crippen LogP contribution in [0.2, 0.25) is 0 Å². The van der Waals surface area contributed by atoms with Crippen molar-refractivity contribution in [1.82, 2.24) is 14.5 Å². The molecule has 0 atom stereocenters. The zero-order valence-corrected chi connectivity index (χ0v) is 14.7. The van der Waals surface area contributed by atoms with Crippen LogP contribution in [0.4, 0.5) is 5.69 Å². The van der Waals surface area contributed by atoms with Gasteiger partial charge in [-0.3, -0.25) is 18.7 Å². The number of amides is 2. The van der Waals surface area contributed by atoms with E-state index in [-0.39, 0.29) is 23.9 Å². The number of aryl methyl sites for hydroxylation is 2. The van der Waals surface area contributed by atoms with E-state index in [4.69, 9.17) is 0 Å². The van der Waals surface area contributed by atoms with Gasteiger partial charge in [-0.1, -0.05) is 12.1 Å². The van der Waals surface area contributed by atoms with Crippen molar-refractivity contribution in [2.75, 3.05) is 12.4 Å². The van der Waals surface area contributed by atoms with Crippen molar-refractivity contribution in [2.45, 2.75) is 13.0 Å². The van der Waals surface area contributed by atoms with Crippen LogP contribution in [-0.2, 0) is 18.4 Å². The van der Waals surface area contributed by atoms with Crippen LogP contribution < -0.4 is 16.3 Å². The van der Waals surface area contributed by atoms with Crippen molar-refractivity contribution in [1.29, 1.82) is 0 Å². The molecule has 134 valence electrons. The Hall–Kier alpha value is -3.35. The van der Waals surface area contributed by atoms with Crippen molar-refractivity contribution in [3.63, 3.8) is 0 Å². The number of fused-ring (bicyclic) bond motifs is 1. The molecule has 7 nitrogen and oxygen atoms in total. The molecule has 0 fully saturated rings. The van der Waals surface area contributed by atoms with Crippen molar-refractivity contribution >= 4 is 28.5 Å². The zero-order chi connectivity index (χ0) is 18.7. The first-order valence-electron chi connectivity index (χ1n) is 8.27. The number of carbonyl (C=O) groups excluding carboxylic acids is 2. The van der Waals surface area contributed by atoms with E-state index in [0.29, 0.717) is 17.8 Å². The lowest BCUT2D eigenvalue weighted by Crippen LogP contribution is -2.24. The fraction of sp³-hybridized carbons (Fsp3) is 0.211. The van der Waals surface area contributed by atoms with E-state index in [0.717, 1.165) is 11.0 Å². The highest BCUT2D eigenvalue weighted by Crippen LogP contribution is 2.13. The second-order valence-corrected chi connectivity index (χ2v) is 5.94. The van der Waals surface area contributed by atoms with Gasteiger partial charge in [0.15, 0.2) is 0 Å². The van der Waals surface area contributed by atoms with E-state index in [1.807, 2.05) is 24.3 Å². The second-order valence-electron chi connectivity index (χ2n) is 5.94. The van der Waals surface area contributed by atoms with E-state index in [9.17, 15) is 14.4 Å². The van der Waals surface area contributed by atoms with Gasteiger partial charge < -0.3 is 10.6 Å². The van der Waals surface area contributed by atoms with E-state index in [2.05, 4.69) is 10.6 Å². The molecule has 0 unspecified atom stereocenters. The minimum atomic E-state index is -0.197. The Labute approximate surface area is 150 Å². The maximum Gasteiger partial charge on any atom is 0.328 e. The fourth-order valence-corrected chi connectivity index (χ4v) is 2.87. The van der Waals surface area contributed by atoms with Crippen LogP contribution >= 0.6 is 0 Å². The summed E-state index contributed by atoms with van der Waals surface area (Å²) in [6.45, 7) is 0.294. The number of rotatable bonds is 5. The Morgan fingerprint density at radius 2 is 1.65 bits per heavy atom. The molecular formula is C19H20N4O3. The molecule has 3 aromatic rings. The van der Waals surface area contributed by atoms with Crippen LogP contribution in [0.3, 0.4) is 0 Å². The molecule has 1 aromatic heterocycles. The van der Waals surface area contributed by atoms with Gasteiger partial charge >= 0.3 is 5.69 Å². The average molecular weight is 352 g/mol. The van der Waals surface area contributed by atoms with Crippen molar-refractivity contribution in [2.24, 2.45) is 7.05 Å². The molecule has 2 amide bonds. The largest absolute Gasteiger partial charge is 0.355 e. The molecule has 0 aliphatic carbocycles. The molecule has 3 rings (SSSR count). The van der Waals surface area contributed by atoms with Crippen LogP contribution in [0, 0.1) is 0 Å². The number of hydrogen-bond donors (Lipinski definition) is 2. The molecule has 2 N–H and O–H groups in total. The van der Waals surface area contributed by atoms with E-state index >= 15 is 0 Å². The number of hydrogen-bond acceptors (Lipinski definition) is 3. The molecule has 0 spiro atoms. The van der Waals surface area contributed by atoms with Gasteiger partial charge in [-0.15, -0.1) is 0 Å². The van der Waals surface area contributed by atoms with Gasteiger partial charge in [-0.2, -0.15) is 0 Å². The van der Waals surface area contributed by atoms with E-state index < -0.39 is 0 Å². The van der Waals surface area contributed by atoms with Gasteiger partial charge in [0.05, 0.1) is 11.0 Å². The first-order valence-corrected chi connectivity index (χ1v) is 8.27. The van der Waals surface area contributed by atoms with Crippen LogP contribution in [0.1, 0.15) is 16.8 Å². The van der Waals surface area contributed by atoms with Crippen molar-refractivity contribution < 1.29 is 9.59 Å². The van der Waals surface area contributed by atoms with Gasteiger partial charge in [-0.05, 0) is 36.4 Å². The zero-order valence-electron chi connectivity index (χ0n) is 14.7. The summed E-state index contributed by atoms with van der Waals surface area (Å²) in [7, 11) is 3.28. The molecule has 2 aromatic carbocycles. The monoisotopic (exact) mass is 352 g/mol. The number of imidazole rings is 1. The third kappa shape index (κ3) is 3.37. The summed E-state index contributed by atoms with van der Waals surface area (Å²) >= 11 is 0. The van der Waals surface area contributed by atoms with Gasteiger partial charge in [-0.25, -0.2) is 4.79 Å². The second kappa shape index (κ2) is 7.26. The van der Waals surface area contributed by atoms with Crippen LogP contribution in [0.15, 0.2) is 53.3 Å². The smallest absolute Gasteiger partial charge is 0.328 e. The number of para-hydroxylation sites is 2. The molecule has 0 aliphatic heterocycles. The molecule has 0 aliphatic rings. The summed E-state index contributed by atoms with van der Waals surface area (Å²) in [5.74, 6) is -0.379. The number of anilines is 1. The molecule has 0 saturated carbocycles. The lowest BCUT2D eigenvalue weighted by Gasteiger charge is -2.07. The number of nitrogens with one attached hydrogen (secondary N) is 2. The molecule has 0 bridgehead atoms. The third-order valence-electron chi connectivity index (χ3n) is 4.27. The number of aromatic nitrogens is 2. The molecule has 1 heterocycles. The lowest BCUT2D eigenvalue weighted by molar-refractivity contribution is -0.116. The van der Waals surface area contributed by atoms with Crippen molar-refractivity contribution in [3.05, 3.63) is 64.6 Å². The number of benzene rings is 2. The highest BCUT2D eigenvalue weighted by molar-refractivity contribution is 5.95. The molecule has 0 radical (unpaired) electrons. The Balaban J connectivity index is 1.67. The van der Waals surface area contributed by atoms with Crippen LogP contribution in [0.25, 0.3) is 11.0 Å². The topological polar surface area (TPSA) is 85.1 Å². The fourth-order valence-electron chi connectivity index (χ4n) is 2.87. The Morgan fingerprint density at radius 3 is 2.31 bits per heavy atom. The van der Waals surface area contributed by atoms with Gasteiger partial charge in [0.1, 0.15) is 0 Å². The predicted molar refractivity (Wildman–Crippen MR) is 100 cm³/mol. The predicted octanol–water partition coefficient (Wildman–Crippen LogP) is 1.73.